The van der Waals surface area contributed by atoms with E-state index in [1.165, 1.54) is 44.5 Å². The van der Waals surface area contributed by atoms with Crippen molar-refractivity contribution in [2.75, 3.05) is 0 Å². The number of rotatable bonds is 4. The van der Waals surface area contributed by atoms with E-state index in [1.54, 1.807) is 0 Å². The van der Waals surface area contributed by atoms with E-state index < -0.39 is 0 Å². The molecular weight excluding hydrogens is 448 g/mol. The van der Waals surface area contributed by atoms with Crippen LogP contribution in [0.4, 0.5) is 0 Å². The van der Waals surface area contributed by atoms with E-state index >= 15 is 0 Å². The van der Waals surface area contributed by atoms with E-state index in [9.17, 15) is 0 Å². The summed E-state index contributed by atoms with van der Waals surface area (Å²) in [5.41, 5.74) is 10.2. The molecular formula is C36H30O. The molecule has 180 valence electrons. The standard InChI is InChI=1S/2C18H14.H2O/c2*1-3-9-15(10-4-1)17-13-7-8-14-18(17)16-11-5-2-6-12-16;/h2*1-14H;1H2. The molecule has 0 saturated heterocycles. The Bertz CT molecular complexity index is 1260. The molecule has 0 saturated carbocycles. The first-order valence-electron chi connectivity index (χ1n) is 12.3. The summed E-state index contributed by atoms with van der Waals surface area (Å²) in [5.74, 6) is 0. The lowest BCUT2D eigenvalue weighted by atomic mass is 9.95. The fraction of sp³-hybridized carbons (Fsp3) is 0. The van der Waals surface area contributed by atoms with Crippen LogP contribution in [-0.2, 0) is 0 Å². The lowest BCUT2D eigenvalue weighted by molar-refractivity contribution is 0.824. The molecule has 0 bridgehead atoms. The summed E-state index contributed by atoms with van der Waals surface area (Å²) in [5, 5.41) is 0. The normalized spacial score (nSPS) is 9.95. The van der Waals surface area contributed by atoms with Crippen molar-refractivity contribution in [2.24, 2.45) is 0 Å². The van der Waals surface area contributed by atoms with Gasteiger partial charge >= 0.3 is 0 Å². The largest absolute Gasteiger partial charge is 0.412 e. The van der Waals surface area contributed by atoms with Gasteiger partial charge in [-0.15, -0.1) is 0 Å². The third kappa shape index (κ3) is 6.29. The summed E-state index contributed by atoms with van der Waals surface area (Å²) in [6.45, 7) is 0. The summed E-state index contributed by atoms with van der Waals surface area (Å²) >= 11 is 0. The Morgan fingerprint density at radius 1 is 0.189 bits per heavy atom. The highest BCUT2D eigenvalue weighted by Gasteiger charge is 2.06. The SMILES string of the molecule is O.c1ccc(-c2ccccc2-c2ccccc2)cc1.c1ccc(-c2ccccc2-c2ccccc2)cc1. The molecule has 0 spiro atoms. The minimum Gasteiger partial charge on any atom is -0.412 e. The summed E-state index contributed by atoms with van der Waals surface area (Å²) in [6, 6.07) is 59.2. The van der Waals surface area contributed by atoms with Gasteiger partial charge < -0.3 is 5.48 Å². The minimum absolute atomic E-state index is 0. The van der Waals surface area contributed by atoms with Crippen LogP contribution < -0.4 is 0 Å². The zero-order valence-electron chi connectivity index (χ0n) is 20.7. The van der Waals surface area contributed by atoms with Crippen LogP contribution in [0, 0.1) is 0 Å². The Kier molecular flexibility index (Phi) is 8.80. The van der Waals surface area contributed by atoms with E-state index in [-0.39, 0.29) is 5.48 Å². The van der Waals surface area contributed by atoms with Crippen LogP contribution in [0.2, 0.25) is 0 Å². The Morgan fingerprint density at radius 2 is 0.351 bits per heavy atom. The van der Waals surface area contributed by atoms with Crippen LogP contribution in [0.15, 0.2) is 170 Å². The van der Waals surface area contributed by atoms with Crippen LogP contribution >= 0.6 is 0 Å². The fourth-order valence-electron chi connectivity index (χ4n) is 4.44. The molecule has 0 aromatic heterocycles. The van der Waals surface area contributed by atoms with E-state index in [2.05, 4.69) is 170 Å². The highest BCUT2D eigenvalue weighted by molar-refractivity contribution is 5.84. The maximum absolute atomic E-state index is 2.18. The highest BCUT2D eigenvalue weighted by Crippen LogP contribution is 2.32. The molecule has 6 aromatic rings. The molecule has 0 aliphatic heterocycles. The molecule has 0 fully saturated rings. The van der Waals surface area contributed by atoms with E-state index in [1.807, 2.05) is 0 Å². The summed E-state index contributed by atoms with van der Waals surface area (Å²) in [4.78, 5) is 0. The van der Waals surface area contributed by atoms with E-state index in [0.717, 1.165) is 0 Å². The first-order chi connectivity index (χ1) is 17.9. The van der Waals surface area contributed by atoms with Crippen molar-refractivity contribution in [3.8, 4) is 44.5 Å². The number of hydrogen-bond acceptors (Lipinski definition) is 0. The smallest absolute Gasteiger partial charge is 0.0105 e. The third-order valence-electron chi connectivity index (χ3n) is 6.19. The van der Waals surface area contributed by atoms with Gasteiger partial charge in [-0.1, -0.05) is 170 Å². The minimum atomic E-state index is 0. The molecule has 6 aromatic carbocycles. The second kappa shape index (κ2) is 12.8. The Balaban J connectivity index is 0.000000168. The zero-order chi connectivity index (χ0) is 24.4. The highest BCUT2D eigenvalue weighted by atomic mass is 16.0. The monoisotopic (exact) mass is 478 g/mol. The molecule has 1 nitrogen and oxygen atoms in total. The average Bonchev–Trinajstić information content (AvgIpc) is 2.99. The molecule has 0 atom stereocenters. The van der Waals surface area contributed by atoms with Crippen molar-refractivity contribution in [2.45, 2.75) is 0 Å². The number of benzene rings is 6. The van der Waals surface area contributed by atoms with Crippen molar-refractivity contribution >= 4 is 0 Å². The lowest BCUT2D eigenvalue weighted by Gasteiger charge is -2.09. The van der Waals surface area contributed by atoms with Gasteiger partial charge in [0.05, 0.1) is 0 Å². The summed E-state index contributed by atoms with van der Waals surface area (Å²) in [6.07, 6.45) is 0. The third-order valence-corrected chi connectivity index (χ3v) is 6.19. The first-order valence-corrected chi connectivity index (χ1v) is 12.3. The van der Waals surface area contributed by atoms with Crippen LogP contribution in [0.1, 0.15) is 0 Å². The quantitative estimate of drug-likeness (QED) is 0.242. The molecule has 6 rings (SSSR count). The van der Waals surface area contributed by atoms with Gasteiger partial charge in [0.15, 0.2) is 0 Å². The van der Waals surface area contributed by atoms with Gasteiger partial charge in [0.1, 0.15) is 0 Å². The van der Waals surface area contributed by atoms with Gasteiger partial charge in [0, 0.05) is 0 Å². The lowest BCUT2D eigenvalue weighted by Crippen LogP contribution is -1.83. The Labute approximate surface area is 219 Å². The average molecular weight is 479 g/mol. The van der Waals surface area contributed by atoms with Gasteiger partial charge in [-0.2, -0.15) is 0 Å². The molecule has 0 aliphatic carbocycles. The predicted octanol–water partition coefficient (Wildman–Crippen LogP) is 9.22. The summed E-state index contributed by atoms with van der Waals surface area (Å²) in [7, 11) is 0. The van der Waals surface area contributed by atoms with Gasteiger partial charge in [0.25, 0.3) is 0 Å². The van der Waals surface area contributed by atoms with Gasteiger partial charge in [-0.25, -0.2) is 0 Å². The van der Waals surface area contributed by atoms with Crippen LogP contribution in [0.5, 0.6) is 0 Å². The molecule has 1 heteroatoms. The number of hydrogen-bond donors (Lipinski definition) is 0. The maximum Gasteiger partial charge on any atom is -0.0105 e. The van der Waals surface area contributed by atoms with Gasteiger partial charge in [-0.3, -0.25) is 0 Å². The van der Waals surface area contributed by atoms with Crippen molar-refractivity contribution in [3.63, 3.8) is 0 Å². The first kappa shape index (κ1) is 25.4. The molecule has 2 N–H and O–H groups in total. The molecule has 0 aliphatic rings. The Hall–Kier alpha value is -4.72. The topological polar surface area (TPSA) is 31.5 Å². The second-order valence-electron chi connectivity index (χ2n) is 8.56. The van der Waals surface area contributed by atoms with Crippen molar-refractivity contribution in [3.05, 3.63) is 170 Å². The van der Waals surface area contributed by atoms with Gasteiger partial charge in [-0.05, 0) is 44.5 Å². The molecule has 37 heavy (non-hydrogen) atoms. The molecule has 0 radical (unpaired) electrons. The maximum atomic E-state index is 2.18. The van der Waals surface area contributed by atoms with Crippen molar-refractivity contribution in [1.82, 2.24) is 0 Å². The fourth-order valence-corrected chi connectivity index (χ4v) is 4.44. The second-order valence-corrected chi connectivity index (χ2v) is 8.56. The van der Waals surface area contributed by atoms with E-state index in [4.69, 9.17) is 0 Å². The van der Waals surface area contributed by atoms with Crippen LogP contribution in [0.25, 0.3) is 44.5 Å². The van der Waals surface area contributed by atoms with Crippen molar-refractivity contribution < 1.29 is 5.48 Å². The predicted molar refractivity (Wildman–Crippen MR) is 158 cm³/mol. The van der Waals surface area contributed by atoms with Gasteiger partial charge in [0.2, 0.25) is 0 Å². The van der Waals surface area contributed by atoms with Crippen molar-refractivity contribution in [1.29, 1.82) is 0 Å². The van der Waals surface area contributed by atoms with Crippen LogP contribution in [-0.4, -0.2) is 5.48 Å². The summed E-state index contributed by atoms with van der Waals surface area (Å²) < 4.78 is 0. The van der Waals surface area contributed by atoms with E-state index in [0.29, 0.717) is 0 Å². The Morgan fingerprint density at radius 3 is 0.541 bits per heavy atom. The van der Waals surface area contributed by atoms with Crippen LogP contribution in [0.3, 0.4) is 0 Å². The zero-order valence-corrected chi connectivity index (χ0v) is 20.7. The molecule has 0 heterocycles. The molecule has 0 amide bonds. The molecule has 0 unspecified atom stereocenters.